The van der Waals surface area contributed by atoms with Crippen LogP contribution in [-0.2, 0) is 19.2 Å². The fourth-order valence-electron chi connectivity index (χ4n) is 7.92. The van der Waals surface area contributed by atoms with Crippen molar-refractivity contribution in [3.8, 4) is 0 Å². The SMILES string of the molecule is COC(=O)[C@H](NC(=O)CON=C1C=C[C@@]2(C)C(=C1)CC[C@@H]1[C@H]2CC[C@@]2(C)[C@H]1CC[C@]2(C)O)c1ccccc1. The van der Waals surface area contributed by atoms with Crippen molar-refractivity contribution in [2.24, 2.45) is 33.7 Å². The fourth-order valence-corrected chi connectivity index (χ4v) is 7.92. The van der Waals surface area contributed by atoms with E-state index in [-0.39, 0.29) is 17.4 Å². The smallest absolute Gasteiger partial charge is 0.333 e. The number of allylic oxidation sites excluding steroid dienone is 4. The highest BCUT2D eigenvalue weighted by molar-refractivity contribution is 6.05. The Kier molecular flexibility index (Phi) is 7.01. The van der Waals surface area contributed by atoms with Crippen LogP contribution >= 0.6 is 0 Å². The number of nitrogens with zero attached hydrogens (tertiary/aromatic N) is 1. The first-order valence-corrected chi connectivity index (χ1v) is 13.8. The quantitative estimate of drug-likeness (QED) is 0.412. The van der Waals surface area contributed by atoms with E-state index in [1.807, 2.05) is 19.1 Å². The van der Waals surface area contributed by atoms with Crippen molar-refractivity contribution < 1.29 is 24.3 Å². The molecule has 5 rings (SSSR count). The molecule has 38 heavy (non-hydrogen) atoms. The minimum Gasteiger partial charge on any atom is -0.467 e. The molecule has 0 unspecified atom stereocenters. The van der Waals surface area contributed by atoms with Gasteiger partial charge in [0.1, 0.15) is 5.71 Å². The second kappa shape index (κ2) is 9.99. The highest BCUT2D eigenvalue weighted by Gasteiger charge is 2.61. The standard InChI is InChI=1S/C31H40N2O5/c1-29-15-12-22(33-38-19-26(34)32-27(28(35)37-4)20-8-6-5-7-9-20)18-21(29)10-11-23-24(29)13-16-30(2)25(23)14-17-31(30,3)36/h5-9,12,15,18,23-25,27,36H,10-11,13-14,16-17,19H2,1-4H3,(H,32,34)/t23-,24-,25+,27-,29+,30+,31+/m1/s1. The lowest BCUT2D eigenvalue weighted by Crippen LogP contribution is -2.53. The number of aliphatic hydroxyl groups is 1. The third-order valence-electron chi connectivity index (χ3n) is 10.4. The topological polar surface area (TPSA) is 97.2 Å². The van der Waals surface area contributed by atoms with Crippen LogP contribution in [0.4, 0.5) is 0 Å². The summed E-state index contributed by atoms with van der Waals surface area (Å²) in [5, 5.41) is 18.0. The molecule has 4 aliphatic carbocycles. The highest BCUT2D eigenvalue weighted by atomic mass is 16.6. The summed E-state index contributed by atoms with van der Waals surface area (Å²) in [5.74, 6) is 0.760. The van der Waals surface area contributed by atoms with Crippen molar-refractivity contribution in [3.63, 3.8) is 0 Å². The Morgan fingerprint density at radius 3 is 2.58 bits per heavy atom. The van der Waals surface area contributed by atoms with E-state index in [0.29, 0.717) is 29.0 Å². The third-order valence-corrected chi connectivity index (χ3v) is 10.4. The number of nitrogens with one attached hydrogen (secondary N) is 1. The van der Waals surface area contributed by atoms with Gasteiger partial charge in [0, 0.05) is 5.41 Å². The monoisotopic (exact) mass is 520 g/mol. The number of oxime groups is 1. The van der Waals surface area contributed by atoms with Gasteiger partial charge in [-0.15, -0.1) is 0 Å². The number of esters is 1. The minimum atomic E-state index is -0.904. The van der Waals surface area contributed by atoms with E-state index in [9.17, 15) is 14.7 Å². The van der Waals surface area contributed by atoms with E-state index in [1.54, 1.807) is 24.3 Å². The molecule has 0 heterocycles. The molecule has 7 nitrogen and oxygen atoms in total. The molecule has 0 spiro atoms. The fraction of sp³-hybridized carbons (Fsp3) is 0.581. The van der Waals surface area contributed by atoms with Crippen LogP contribution in [0.2, 0.25) is 0 Å². The third kappa shape index (κ3) is 4.49. The van der Waals surface area contributed by atoms with Crippen LogP contribution in [0.5, 0.6) is 0 Å². The normalized spacial score (nSPS) is 37.3. The number of carbonyl (C=O) groups is 2. The average Bonchev–Trinajstić information content (AvgIpc) is 3.16. The molecule has 3 saturated carbocycles. The zero-order valence-corrected chi connectivity index (χ0v) is 22.9. The number of methoxy groups -OCH3 is 1. The molecule has 0 aromatic heterocycles. The summed E-state index contributed by atoms with van der Waals surface area (Å²) in [5.41, 5.74) is 2.13. The van der Waals surface area contributed by atoms with Gasteiger partial charge in [-0.05, 0) is 86.3 Å². The summed E-state index contributed by atoms with van der Waals surface area (Å²) in [6.45, 7) is 6.41. The van der Waals surface area contributed by atoms with Gasteiger partial charge in [0.15, 0.2) is 12.6 Å². The van der Waals surface area contributed by atoms with Crippen LogP contribution in [0.3, 0.4) is 0 Å². The second-order valence-corrected chi connectivity index (χ2v) is 12.2. The first-order valence-electron chi connectivity index (χ1n) is 13.8. The number of amides is 1. The summed E-state index contributed by atoms with van der Waals surface area (Å²) in [7, 11) is 1.29. The van der Waals surface area contributed by atoms with Gasteiger partial charge in [0.2, 0.25) is 0 Å². The Labute approximate surface area is 225 Å². The van der Waals surface area contributed by atoms with Crippen molar-refractivity contribution >= 4 is 17.6 Å². The molecule has 7 atom stereocenters. The number of ether oxygens (including phenoxy) is 1. The maximum Gasteiger partial charge on any atom is 0.333 e. The molecule has 4 aliphatic rings. The Balaban J connectivity index is 1.22. The molecular formula is C31H40N2O5. The van der Waals surface area contributed by atoms with Crippen LogP contribution in [0, 0.1) is 28.6 Å². The first kappa shape index (κ1) is 26.7. The van der Waals surface area contributed by atoms with Crippen LogP contribution < -0.4 is 5.32 Å². The van der Waals surface area contributed by atoms with Gasteiger partial charge in [-0.1, -0.05) is 61.0 Å². The second-order valence-electron chi connectivity index (χ2n) is 12.2. The number of benzene rings is 1. The summed E-state index contributed by atoms with van der Waals surface area (Å²) in [6.07, 6.45) is 12.8. The van der Waals surface area contributed by atoms with Crippen LogP contribution in [0.15, 0.2) is 59.3 Å². The number of carbonyl (C=O) groups excluding carboxylic acids is 2. The molecule has 2 N–H and O–H groups in total. The molecule has 0 aliphatic heterocycles. The molecule has 0 radical (unpaired) electrons. The van der Waals surface area contributed by atoms with E-state index in [2.05, 4.69) is 36.5 Å². The van der Waals surface area contributed by atoms with Gasteiger partial charge in [0.05, 0.1) is 12.7 Å². The van der Waals surface area contributed by atoms with Crippen LogP contribution in [-0.4, -0.2) is 42.0 Å². The summed E-state index contributed by atoms with van der Waals surface area (Å²) >= 11 is 0. The van der Waals surface area contributed by atoms with Crippen molar-refractivity contribution in [2.45, 2.75) is 70.9 Å². The lowest BCUT2D eigenvalue weighted by molar-refractivity contribution is -0.145. The molecular weight excluding hydrogens is 480 g/mol. The van der Waals surface area contributed by atoms with Gasteiger partial charge in [-0.25, -0.2) is 4.79 Å². The van der Waals surface area contributed by atoms with E-state index < -0.39 is 23.5 Å². The van der Waals surface area contributed by atoms with Gasteiger partial charge >= 0.3 is 5.97 Å². The van der Waals surface area contributed by atoms with Crippen LogP contribution in [0.1, 0.15) is 70.9 Å². The number of hydrogen-bond donors (Lipinski definition) is 2. The van der Waals surface area contributed by atoms with E-state index in [4.69, 9.17) is 9.57 Å². The molecule has 1 amide bonds. The van der Waals surface area contributed by atoms with Gasteiger partial charge in [-0.3, -0.25) is 4.79 Å². The average molecular weight is 521 g/mol. The molecule has 1 aromatic carbocycles. The molecule has 0 bridgehead atoms. The maximum atomic E-state index is 12.5. The number of hydrogen-bond acceptors (Lipinski definition) is 6. The Hall–Kier alpha value is -2.93. The minimum absolute atomic E-state index is 0.0124. The predicted octanol–water partition coefficient (Wildman–Crippen LogP) is 4.88. The van der Waals surface area contributed by atoms with Gasteiger partial charge < -0.3 is 20.0 Å². The van der Waals surface area contributed by atoms with Crippen LogP contribution in [0.25, 0.3) is 0 Å². The van der Waals surface area contributed by atoms with E-state index in [0.717, 1.165) is 38.5 Å². The summed E-state index contributed by atoms with van der Waals surface area (Å²) in [6, 6.07) is 8.05. The van der Waals surface area contributed by atoms with Crippen molar-refractivity contribution in [3.05, 3.63) is 59.7 Å². The largest absolute Gasteiger partial charge is 0.467 e. The predicted molar refractivity (Wildman–Crippen MR) is 145 cm³/mol. The zero-order valence-electron chi connectivity index (χ0n) is 22.9. The molecule has 1 aromatic rings. The van der Waals surface area contributed by atoms with Crippen molar-refractivity contribution in [1.82, 2.24) is 5.32 Å². The molecule has 204 valence electrons. The summed E-state index contributed by atoms with van der Waals surface area (Å²) in [4.78, 5) is 30.1. The Morgan fingerprint density at radius 1 is 1.11 bits per heavy atom. The maximum absolute atomic E-state index is 12.5. The first-order chi connectivity index (χ1) is 18.1. The van der Waals surface area contributed by atoms with Crippen molar-refractivity contribution in [1.29, 1.82) is 0 Å². The number of rotatable bonds is 6. The Morgan fingerprint density at radius 2 is 1.84 bits per heavy atom. The van der Waals surface area contributed by atoms with Crippen molar-refractivity contribution in [2.75, 3.05) is 13.7 Å². The highest BCUT2D eigenvalue weighted by Crippen LogP contribution is 2.66. The molecule has 3 fully saturated rings. The Bertz CT molecular complexity index is 1170. The van der Waals surface area contributed by atoms with E-state index >= 15 is 0 Å². The molecule has 0 saturated heterocycles. The van der Waals surface area contributed by atoms with E-state index in [1.165, 1.54) is 12.7 Å². The number of fused-ring (bicyclic) bond motifs is 5. The molecule has 7 heteroatoms. The summed E-state index contributed by atoms with van der Waals surface area (Å²) < 4.78 is 4.85. The lowest BCUT2D eigenvalue weighted by atomic mass is 9.47. The zero-order chi connectivity index (χ0) is 27.1. The lowest BCUT2D eigenvalue weighted by Gasteiger charge is -2.58. The van der Waals surface area contributed by atoms with Gasteiger partial charge in [-0.2, -0.15) is 0 Å². The van der Waals surface area contributed by atoms with Gasteiger partial charge in [0.25, 0.3) is 5.91 Å².